The van der Waals surface area contributed by atoms with Crippen molar-refractivity contribution in [3.05, 3.63) is 36.4 Å². The molecule has 2 heteroatoms. The minimum absolute atomic E-state index is 0.608. The summed E-state index contributed by atoms with van der Waals surface area (Å²) in [4.78, 5) is 0. The number of benzene rings is 1. The molecule has 1 rings (SSSR count). The first-order valence-electron chi connectivity index (χ1n) is 5.80. The Morgan fingerprint density at radius 1 is 1.12 bits per heavy atom. The molecule has 0 N–H and O–H groups in total. The van der Waals surface area contributed by atoms with Crippen LogP contribution >= 0.6 is 0 Å². The number of hydrogen-bond donors (Lipinski definition) is 0. The lowest BCUT2D eigenvalue weighted by Gasteiger charge is -2.06. The average molecular weight is 220 g/mol. The van der Waals surface area contributed by atoms with Crippen molar-refractivity contribution in [1.82, 2.24) is 0 Å². The normalized spacial score (nSPS) is 10.1. The molecule has 0 fully saturated rings. The molecule has 0 bridgehead atoms. The molecule has 0 aromatic heterocycles. The molecule has 1 aromatic carbocycles. The Labute approximate surface area is 97.9 Å². The van der Waals surface area contributed by atoms with Gasteiger partial charge in [-0.15, -0.1) is 0 Å². The van der Waals surface area contributed by atoms with Crippen molar-refractivity contribution in [3.63, 3.8) is 0 Å². The fourth-order valence-electron chi connectivity index (χ4n) is 1.27. The summed E-state index contributed by atoms with van der Waals surface area (Å²) in [5, 5.41) is 0. The predicted octanol–water partition coefficient (Wildman–Crippen LogP) is 3.53. The second kappa shape index (κ2) is 7.94. The molecule has 0 amide bonds. The SMILES string of the molecule is C=Cc1ccc(OCCOCCCC)cc1. The van der Waals surface area contributed by atoms with Crippen molar-refractivity contribution in [3.8, 4) is 5.75 Å². The standard InChI is InChI=1S/C14H20O2/c1-3-5-10-15-11-12-16-14-8-6-13(4-2)7-9-14/h4,6-9H,2-3,5,10-12H2,1H3. The minimum Gasteiger partial charge on any atom is -0.491 e. The zero-order chi connectivity index (χ0) is 11.6. The molecule has 0 aliphatic rings. The highest BCUT2D eigenvalue weighted by atomic mass is 16.5. The van der Waals surface area contributed by atoms with E-state index in [-0.39, 0.29) is 0 Å². The molecule has 0 spiro atoms. The Hall–Kier alpha value is -1.28. The fraction of sp³-hybridized carbons (Fsp3) is 0.429. The summed E-state index contributed by atoms with van der Waals surface area (Å²) >= 11 is 0. The smallest absolute Gasteiger partial charge is 0.119 e. The third kappa shape index (κ3) is 4.99. The first-order valence-corrected chi connectivity index (χ1v) is 5.80. The third-order valence-corrected chi connectivity index (χ3v) is 2.25. The number of ether oxygens (including phenoxy) is 2. The van der Waals surface area contributed by atoms with E-state index in [9.17, 15) is 0 Å². The van der Waals surface area contributed by atoms with E-state index in [2.05, 4.69) is 13.5 Å². The summed E-state index contributed by atoms with van der Waals surface area (Å²) < 4.78 is 10.9. The Kier molecular flexibility index (Phi) is 6.35. The van der Waals surface area contributed by atoms with Crippen LogP contribution in [0.4, 0.5) is 0 Å². The number of rotatable bonds is 8. The van der Waals surface area contributed by atoms with Crippen molar-refractivity contribution in [2.75, 3.05) is 19.8 Å². The van der Waals surface area contributed by atoms with E-state index in [1.165, 1.54) is 6.42 Å². The first kappa shape index (κ1) is 12.8. The van der Waals surface area contributed by atoms with Crippen LogP contribution in [0.3, 0.4) is 0 Å². The average Bonchev–Trinajstić information content (AvgIpc) is 2.34. The Balaban J connectivity index is 2.14. The van der Waals surface area contributed by atoms with E-state index >= 15 is 0 Å². The van der Waals surface area contributed by atoms with Gasteiger partial charge in [0.1, 0.15) is 12.4 Å². The van der Waals surface area contributed by atoms with Gasteiger partial charge in [0.05, 0.1) is 6.61 Å². The Bertz CT molecular complexity index is 290. The summed E-state index contributed by atoms with van der Waals surface area (Å²) in [5.74, 6) is 0.879. The van der Waals surface area contributed by atoms with Crippen LogP contribution in [0.2, 0.25) is 0 Å². The fourth-order valence-corrected chi connectivity index (χ4v) is 1.27. The zero-order valence-electron chi connectivity index (χ0n) is 9.95. The molecule has 0 aliphatic carbocycles. The molecular formula is C14H20O2. The minimum atomic E-state index is 0.608. The van der Waals surface area contributed by atoms with Crippen molar-refractivity contribution in [2.45, 2.75) is 19.8 Å². The van der Waals surface area contributed by atoms with Gasteiger partial charge in [0.25, 0.3) is 0 Å². The molecule has 16 heavy (non-hydrogen) atoms. The van der Waals surface area contributed by atoms with E-state index in [0.29, 0.717) is 13.2 Å². The van der Waals surface area contributed by atoms with Gasteiger partial charge < -0.3 is 9.47 Å². The van der Waals surface area contributed by atoms with Gasteiger partial charge in [-0.2, -0.15) is 0 Å². The first-order chi connectivity index (χ1) is 7.86. The molecular weight excluding hydrogens is 200 g/mol. The second-order valence-corrected chi connectivity index (χ2v) is 3.59. The lowest BCUT2D eigenvalue weighted by atomic mass is 10.2. The van der Waals surface area contributed by atoms with E-state index in [1.54, 1.807) is 0 Å². The van der Waals surface area contributed by atoms with Gasteiger partial charge in [0.15, 0.2) is 0 Å². The molecule has 88 valence electrons. The molecule has 2 nitrogen and oxygen atoms in total. The van der Waals surface area contributed by atoms with Crippen LogP contribution in [0.1, 0.15) is 25.3 Å². The van der Waals surface area contributed by atoms with Crippen LogP contribution in [-0.2, 0) is 4.74 Å². The van der Waals surface area contributed by atoms with Gasteiger partial charge in [0.2, 0.25) is 0 Å². The van der Waals surface area contributed by atoms with Crippen LogP contribution in [0, 0.1) is 0 Å². The van der Waals surface area contributed by atoms with Crippen LogP contribution < -0.4 is 4.74 Å². The molecule has 0 radical (unpaired) electrons. The zero-order valence-corrected chi connectivity index (χ0v) is 9.95. The monoisotopic (exact) mass is 220 g/mol. The molecule has 0 unspecified atom stereocenters. The highest BCUT2D eigenvalue weighted by molar-refractivity contribution is 5.48. The summed E-state index contributed by atoms with van der Waals surface area (Å²) in [6.45, 7) is 7.95. The van der Waals surface area contributed by atoms with Gasteiger partial charge in [-0.1, -0.05) is 38.1 Å². The van der Waals surface area contributed by atoms with E-state index in [0.717, 1.165) is 24.3 Å². The molecule has 1 aromatic rings. The molecule has 0 atom stereocenters. The Morgan fingerprint density at radius 3 is 2.50 bits per heavy atom. The van der Waals surface area contributed by atoms with Gasteiger partial charge in [-0.25, -0.2) is 0 Å². The maximum absolute atomic E-state index is 5.53. The van der Waals surface area contributed by atoms with Crippen LogP contribution in [-0.4, -0.2) is 19.8 Å². The summed E-state index contributed by atoms with van der Waals surface area (Å²) in [6, 6.07) is 7.87. The second-order valence-electron chi connectivity index (χ2n) is 3.59. The van der Waals surface area contributed by atoms with E-state index in [4.69, 9.17) is 9.47 Å². The molecule has 0 aliphatic heterocycles. The topological polar surface area (TPSA) is 18.5 Å². The quantitative estimate of drug-likeness (QED) is 0.624. The number of unbranched alkanes of at least 4 members (excludes halogenated alkanes) is 1. The van der Waals surface area contributed by atoms with Crippen LogP contribution in [0.5, 0.6) is 5.75 Å². The lowest BCUT2D eigenvalue weighted by molar-refractivity contribution is 0.0980. The van der Waals surface area contributed by atoms with E-state index < -0.39 is 0 Å². The van der Waals surface area contributed by atoms with Crippen LogP contribution in [0.25, 0.3) is 6.08 Å². The van der Waals surface area contributed by atoms with Gasteiger partial charge in [-0.3, -0.25) is 0 Å². The maximum Gasteiger partial charge on any atom is 0.119 e. The highest BCUT2D eigenvalue weighted by Gasteiger charge is 1.93. The van der Waals surface area contributed by atoms with Crippen molar-refractivity contribution < 1.29 is 9.47 Å². The summed E-state index contributed by atoms with van der Waals surface area (Å²) in [6.07, 6.45) is 4.11. The van der Waals surface area contributed by atoms with Gasteiger partial charge in [-0.05, 0) is 24.1 Å². The largest absolute Gasteiger partial charge is 0.491 e. The summed E-state index contributed by atoms with van der Waals surface area (Å²) in [5.41, 5.74) is 1.10. The van der Waals surface area contributed by atoms with Crippen LogP contribution in [0.15, 0.2) is 30.8 Å². The van der Waals surface area contributed by atoms with Crippen molar-refractivity contribution in [1.29, 1.82) is 0 Å². The predicted molar refractivity (Wildman–Crippen MR) is 67.8 cm³/mol. The maximum atomic E-state index is 5.53. The van der Waals surface area contributed by atoms with E-state index in [1.807, 2.05) is 30.3 Å². The van der Waals surface area contributed by atoms with Crippen molar-refractivity contribution in [2.24, 2.45) is 0 Å². The summed E-state index contributed by atoms with van der Waals surface area (Å²) in [7, 11) is 0. The Morgan fingerprint density at radius 2 is 1.88 bits per heavy atom. The van der Waals surface area contributed by atoms with Crippen molar-refractivity contribution >= 4 is 6.08 Å². The third-order valence-electron chi connectivity index (χ3n) is 2.25. The van der Waals surface area contributed by atoms with Gasteiger partial charge >= 0.3 is 0 Å². The number of hydrogen-bond acceptors (Lipinski definition) is 2. The molecule has 0 saturated carbocycles. The highest BCUT2D eigenvalue weighted by Crippen LogP contribution is 2.12. The molecule has 0 heterocycles. The molecule has 0 saturated heterocycles. The lowest BCUT2D eigenvalue weighted by Crippen LogP contribution is -2.07. The van der Waals surface area contributed by atoms with Gasteiger partial charge in [0, 0.05) is 6.61 Å².